The largest absolute Gasteiger partial charge is 0.393 e. The van der Waals surface area contributed by atoms with Crippen LogP contribution in [0.25, 0.3) is 0 Å². The first-order valence-corrected chi connectivity index (χ1v) is 10.3. The summed E-state index contributed by atoms with van der Waals surface area (Å²) in [4.78, 5) is 12.7. The molecule has 1 N–H and O–H groups in total. The average molecular weight is 332 g/mol. The Labute approximate surface area is 145 Å². The lowest BCUT2D eigenvalue weighted by Crippen LogP contribution is -2.60. The maximum atomic E-state index is 12.7. The van der Waals surface area contributed by atoms with Crippen molar-refractivity contribution in [1.82, 2.24) is 0 Å². The summed E-state index contributed by atoms with van der Waals surface area (Å²) in [7, 11) is 0. The highest BCUT2D eigenvalue weighted by atomic mass is 16.6. The third-order valence-corrected chi connectivity index (χ3v) is 9.74. The fourth-order valence-electron chi connectivity index (χ4n) is 8.31. The van der Waals surface area contributed by atoms with E-state index >= 15 is 0 Å². The molecular weight excluding hydrogens is 300 g/mol. The van der Waals surface area contributed by atoms with Crippen LogP contribution in [0.1, 0.15) is 78.6 Å². The molecule has 4 aliphatic carbocycles. The van der Waals surface area contributed by atoms with Gasteiger partial charge >= 0.3 is 0 Å². The number of carbonyl (C=O) groups is 1. The normalized spacial score (nSPS) is 61.6. The number of aliphatic hydroxyl groups excluding tert-OH is 1. The summed E-state index contributed by atoms with van der Waals surface area (Å²) in [6.07, 6.45) is 9.27. The van der Waals surface area contributed by atoms with Gasteiger partial charge in [-0.3, -0.25) is 4.79 Å². The van der Waals surface area contributed by atoms with Crippen LogP contribution in [0.3, 0.4) is 0 Å². The van der Waals surface area contributed by atoms with E-state index < -0.39 is 5.60 Å². The van der Waals surface area contributed by atoms with E-state index in [2.05, 4.69) is 20.8 Å². The molecule has 134 valence electrons. The third kappa shape index (κ3) is 1.44. The van der Waals surface area contributed by atoms with Crippen molar-refractivity contribution in [1.29, 1.82) is 0 Å². The monoisotopic (exact) mass is 332 g/mol. The summed E-state index contributed by atoms with van der Waals surface area (Å²) in [5.74, 6) is 2.45. The zero-order valence-electron chi connectivity index (χ0n) is 15.4. The second kappa shape index (κ2) is 4.46. The van der Waals surface area contributed by atoms with Gasteiger partial charge in [-0.05, 0) is 74.5 Å². The molecule has 0 unspecified atom stereocenters. The Morgan fingerprint density at radius 2 is 1.88 bits per heavy atom. The number of rotatable bonds is 1. The van der Waals surface area contributed by atoms with Crippen molar-refractivity contribution in [2.45, 2.75) is 95.9 Å². The lowest BCUT2D eigenvalue weighted by Gasteiger charge is -2.59. The van der Waals surface area contributed by atoms with Gasteiger partial charge < -0.3 is 9.84 Å². The zero-order valence-corrected chi connectivity index (χ0v) is 15.4. The Morgan fingerprint density at radius 3 is 2.62 bits per heavy atom. The van der Waals surface area contributed by atoms with Gasteiger partial charge in [0.2, 0.25) is 0 Å². The number of ether oxygens (including phenoxy) is 1. The average Bonchev–Trinajstić information content (AvgIpc) is 3.17. The fourth-order valence-corrected chi connectivity index (χ4v) is 8.31. The van der Waals surface area contributed by atoms with Crippen molar-refractivity contribution in [2.24, 2.45) is 28.6 Å². The molecule has 1 heterocycles. The first kappa shape index (κ1) is 15.8. The Bertz CT molecular complexity index is 602. The van der Waals surface area contributed by atoms with Crippen LogP contribution in [0.4, 0.5) is 0 Å². The predicted molar refractivity (Wildman–Crippen MR) is 91.5 cm³/mol. The predicted octanol–water partition coefficient (Wildman–Crippen LogP) is 3.87. The van der Waals surface area contributed by atoms with Gasteiger partial charge in [0.05, 0.1) is 6.10 Å². The fraction of sp³-hybridized carbons (Fsp3) is 0.952. The summed E-state index contributed by atoms with van der Waals surface area (Å²) < 4.78 is 6.43. The molecule has 4 saturated carbocycles. The van der Waals surface area contributed by atoms with E-state index in [0.717, 1.165) is 38.0 Å². The van der Waals surface area contributed by atoms with Crippen LogP contribution in [0.15, 0.2) is 0 Å². The molecule has 0 aromatic rings. The molecule has 5 fully saturated rings. The van der Waals surface area contributed by atoms with E-state index in [1.54, 1.807) is 0 Å². The van der Waals surface area contributed by atoms with E-state index in [1.165, 1.54) is 19.3 Å². The van der Waals surface area contributed by atoms with E-state index in [0.29, 0.717) is 24.0 Å². The van der Waals surface area contributed by atoms with E-state index in [9.17, 15) is 9.90 Å². The second-order valence-electron chi connectivity index (χ2n) is 10.0. The van der Waals surface area contributed by atoms with Crippen molar-refractivity contribution < 1.29 is 14.6 Å². The smallest absolute Gasteiger partial charge is 0.167 e. The topological polar surface area (TPSA) is 49.8 Å². The number of aliphatic hydroxyl groups is 1. The molecule has 0 radical (unpaired) electrons. The van der Waals surface area contributed by atoms with Crippen molar-refractivity contribution >= 4 is 5.78 Å². The number of hydrogen-bond acceptors (Lipinski definition) is 3. The summed E-state index contributed by atoms with van der Waals surface area (Å²) in [6, 6.07) is 0. The van der Waals surface area contributed by atoms with Crippen molar-refractivity contribution in [3.8, 4) is 0 Å². The maximum Gasteiger partial charge on any atom is 0.167 e. The summed E-state index contributed by atoms with van der Waals surface area (Å²) in [5.41, 5.74) is -0.301. The molecule has 0 aromatic carbocycles. The van der Waals surface area contributed by atoms with Crippen molar-refractivity contribution in [3.63, 3.8) is 0 Å². The second-order valence-corrected chi connectivity index (χ2v) is 10.0. The summed E-state index contributed by atoms with van der Waals surface area (Å²) >= 11 is 0. The molecule has 1 spiro atoms. The van der Waals surface area contributed by atoms with Gasteiger partial charge in [0.15, 0.2) is 11.4 Å². The minimum absolute atomic E-state index is 0.105. The van der Waals surface area contributed by atoms with Crippen LogP contribution in [0.2, 0.25) is 0 Å². The number of hydrogen-bond donors (Lipinski definition) is 1. The minimum Gasteiger partial charge on any atom is -0.393 e. The molecule has 1 saturated heterocycles. The van der Waals surface area contributed by atoms with Gasteiger partial charge in [0, 0.05) is 11.8 Å². The third-order valence-electron chi connectivity index (χ3n) is 9.74. The lowest BCUT2D eigenvalue weighted by atomic mass is 9.43. The van der Waals surface area contributed by atoms with E-state index in [4.69, 9.17) is 4.74 Å². The number of fused-ring (bicyclic) bond motifs is 4. The van der Waals surface area contributed by atoms with Crippen LogP contribution < -0.4 is 0 Å². The first-order chi connectivity index (χ1) is 11.3. The van der Waals surface area contributed by atoms with Crippen molar-refractivity contribution in [2.75, 3.05) is 0 Å². The maximum absolute atomic E-state index is 12.7. The van der Waals surface area contributed by atoms with Gasteiger partial charge in [-0.2, -0.15) is 0 Å². The van der Waals surface area contributed by atoms with Crippen LogP contribution >= 0.6 is 0 Å². The van der Waals surface area contributed by atoms with Gasteiger partial charge in [0.25, 0.3) is 0 Å². The first-order valence-electron chi connectivity index (χ1n) is 10.3. The molecule has 5 rings (SSSR count). The highest BCUT2D eigenvalue weighted by molar-refractivity contribution is 5.93. The molecule has 0 bridgehead atoms. The van der Waals surface area contributed by atoms with Gasteiger partial charge in [0.1, 0.15) is 5.60 Å². The Hall–Kier alpha value is -0.410. The number of Topliss-reactive ketones (excluding diaryl/α,β-unsaturated/α-hetero) is 1. The van der Waals surface area contributed by atoms with E-state index in [1.807, 2.05) is 0 Å². The number of carbonyl (C=O) groups excluding carboxylic acids is 1. The molecule has 0 aromatic heterocycles. The van der Waals surface area contributed by atoms with Crippen molar-refractivity contribution in [3.05, 3.63) is 0 Å². The van der Waals surface area contributed by atoms with Gasteiger partial charge in [-0.15, -0.1) is 0 Å². The van der Waals surface area contributed by atoms with Crippen LogP contribution in [-0.2, 0) is 9.53 Å². The van der Waals surface area contributed by atoms with Crippen LogP contribution in [0, 0.1) is 28.6 Å². The minimum atomic E-state index is -0.444. The Kier molecular flexibility index (Phi) is 2.94. The molecule has 3 nitrogen and oxygen atoms in total. The highest BCUT2D eigenvalue weighted by Gasteiger charge is 2.83. The highest BCUT2D eigenvalue weighted by Crippen LogP contribution is 2.76. The SMILES string of the molecule is CC[C@@]12O[C@]13CC[C@H]1[C@@H]4CC[C@H](O)[C@@]4(C)CC[C@@H]1[C@@]3(C)CCC2=O. The standard InChI is InChI=1S/C21H32O3/c1-4-20-17(23)9-11-19(3)15-8-10-18(2)14(5-6-16(18)22)13(15)7-12-21(19,20)24-20/h13-16,22H,4-12H2,1-3H3/t13-,14-,15-,16-,18-,19+,20-,21-/m0/s1. The summed E-state index contributed by atoms with van der Waals surface area (Å²) in [5, 5.41) is 10.6. The zero-order chi connectivity index (χ0) is 17.0. The number of epoxide rings is 1. The number of ketones is 1. The quantitative estimate of drug-likeness (QED) is 0.742. The molecule has 3 heteroatoms. The van der Waals surface area contributed by atoms with Crippen LogP contribution in [0.5, 0.6) is 0 Å². The molecule has 24 heavy (non-hydrogen) atoms. The Morgan fingerprint density at radius 1 is 1.08 bits per heavy atom. The Balaban J connectivity index is 1.53. The van der Waals surface area contributed by atoms with Crippen LogP contribution in [-0.4, -0.2) is 28.2 Å². The molecular formula is C21H32O3. The van der Waals surface area contributed by atoms with E-state index in [-0.39, 0.29) is 22.5 Å². The van der Waals surface area contributed by atoms with Gasteiger partial charge in [-0.1, -0.05) is 20.8 Å². The molecule has 5 aliphatic rings. The van der Waals surface area contributed by atoms with Gasteiger partial charge in [-0.25, -0.2) is 0 Å². The molecule has 1 aliphatic heterocycles. The lowest BCUT2D eigenvalue weighted by molar-refractivity contribution is -0.138. The molecule has 8 atom stereocenters. The molecule has 0 amide bonds. The summed E-state index contributed by atoms with van der Waals surface area (Å²) in [6.45, 7) is 6.92.